The molecule has 1 heterocycles. The van der Waals surface area contributed by atoms with E-state index in [1.807, 2.05) is 13.8 Å². The highest BCUT2D eigenvalue weighted by Gasteiger charge is 2.29. The third kappa shape index (κ3) is 3.29. The molecule has 7 heteroatoms. The van der Waals surface area contributed by atoms with E-state index in [4.69, 9.17) is 0 Å². The van der Waals surface area contributed by atoms with E-state index in [1.165, 1.54) is 12.4 Å². The number of H-pyrrole nitrogens is 1. The van der Waals surface area contributed by atoms with E-state index in [-0.39, 0.29) is 10.9 Å². The van der Waals surface area contributed by atoms with Crippen molar-refractivity contribution in [2.24, 2.45) is 0 Å². The second-order valence-electron chi connectivity index (χ2n) is 3.71. The predicted molar refractivity (Wildman–Crippen MR) is 70.6 cm³/mol. The molecule has 0 aliphatic heterocycles. The van der Waals surface area contributed by atoms with E-state index >= 15 is 0 Å². The molecule has 0 aromatic carbocycles. The lowest BCUT2D eigenvalue weighted by Gasteiger charge is -2.28. The molecule has 1 aromatic heterocycles. The fourth-order valence-electron chi connectivity index (χ4n) is 1.79. The molecular formula is C10H18BrN3O2S. The average Bonchev–Trinajstić information content (AvgIpc) is 2.83. The minimum Gasteiger partial charge on any atom is -0.284 e. The molecule has 98 valence electrons. The van der Waals surface area contributed by atoms with Gasteiger partial charge in [0.25, 0.3) is 0 Å². The van der Waals surface area contributed by atoms with Crippen LogP contribution in [-0.4, -0.2) is 40.8 Å². The maximum Gasteiger partial charge on any atom is 0.246 e. The van der Waals surface area contributed by atoms with Crippen LogP contribution in [0, 0.1) is 0 Å². The summed E-state index contributed by atoms with van der Waals surface area (Å²) in [5.41, 5.74) is 0. The van der Waals surface area contributed by atoms with Crippen molar-refractivity contribution in [2.45, 2.75) is 37.6 Å². The Balaban J connectivity index is 3.06. The van der Waals surface area contributed by atoms with Crippen molar-refractivity contribution in [1.29, 1.82) is 0 Å². The Bertz CT molecular complexity index is 415. The van der Waals surface area contributed by atoms with Crippen LogP contribution in [0.25, 0.3) is 0 Å². The molecule has 0 radical (unpaired) electrons. The van der Waals surface area contributed by atoms with Gasteiger partial charge in [-0.05, 0) is 12.8 Å². The highest BCUT2D eigenvalue weighted by molar-refractivity contribution is 9.09. The largest absolute Gasteiger partial charge is 0.284 e. The first-order chi connectivity index (χ1) is 8.07. The van der Waals surface area contributed by atoms with Crippen LogP contribution in [0.1, 0.15) is 26.7 Å². The van der Waals surface area contributed by atoms with E-state index in [2.05, 4.69) is 26.1 Å². The van der Waals surface area contributed by atoms with Crippen LogP contribution in [0.15, 0.2) is 17.3 Å². The normalized spacial score (nSPS) is 12.5. The average molecular weight is 324 g/mol. The fourth-order valence-corrected chi connectivity index (χ4v) is 4.09. The third-order valence-electron chi connectivity index (χ3n) is 2.73. The Morgan fingerprint density at radius 2 is 2.12 bits per heavy atom. The molecular weight excluding hydrogens is 306 g/mol. The van der Waals surface area contributed by atoms with Crippen LogP contribution in [-0.2, 0) is 10.0 Å². The molecule has 0 aliphatic rings. The molecule has 0 saturated carbocycles. The van der Waals surface area contributed by atoms with Gasteiger partial charge in [-0.25, -0.2) is 8.42 Å². The van der Waals surface area contributed by atoms with Gasteiger partial charge in [-0.15, -0.1) is 0 Å². The summed E-state index contributed by atoms with van der Waals surface area (Å²) in [6.45, 7) is 4.47. The highest BCUT2D eigenvalue weighted by atomic mass is 79.9. The van der Waals surface area contributed by atoms with Gasteiger partial charge in [0.05, 0.1) is 6.20 Å². The van der Waals surface area contributed by atoms with Crippen LogP contribution >= 0.6 is 15.9 Å². The summed E-state index contributed by atoms with van der Waals surface area (Å²) in [6.07, 6.45) is 4.37. The smallest absolute Gasteiger partial charge is 0.246 e. The number of hydrogen-bond acceptors (Lipinski definition) is 3. The van der Waals surface area contributed by atoms with Gasteiger partial charge in [-0.3, -0.25) is 5.10 Å². The van der Waals surface area contributed by atoms with Crippen molar-refractivity contribution >= 4 is 26.0 Å². The molecule has 0 bridgehead atoms. The summed E-state index contributed by atoms with van der Waals surface area (Å²) in [5, 5.41) is 6.87. The summed E-state index contributed by atoms with van der Waals surface area (Å²) >= 11 is 3.30. The van der Waals surface area contributed by atoms with E-state index in [0.29, 0.717) is 11.9 Å². The first kappa shape index (κ1) is 14.7. The van der Waals surface area contributed by atoms with E-state index in [1.54, 1.807) is 4.31 Å². The minimum atomic E-state index is -3.43. The van der Waals surface area contributed by atoms with Crippen molar-refractivity contribution in [1.82, 2.24) is 14.5 Å². The minimum absolute atomic E-state index is 0.0347. The van der Waals surface area contributed by atoms with Crippen molar-refractivity contribution in [2.75, 3.05) is 11.9 Å². The first-order valence-corrected chi connectivity index (χ1v) is 8.20. The lowest BCUT2D eigenvalue weighted by Crippen LogP contribution is -2.40. The highest BCUT2D eigenvalue weighted by Crippen LogP contribution is 2.20. The molecule has 0 saturated heterocycles. The van der Waals surface area contributed by atoms with E-state index in [0.717, 1.165) is 12.8 Å². The van der Waals surface area contributed by atoms with Gasteiger partial charge in [0, 0.05) is 24.1 Å². The number of alkyl halides is 1. The summed E-state index contributed by atoms with van der Waals surface area (Å²) in [4.78, 5) is 0.227. The molecule has 0 amide bonds. The summed E-state index contributed by atoms with van der Waals surface area (Å²) < 4.78 is 26.3. The molecule has 1 N–H and O–H groups in total. The lowest BCUT2D eigenvalue weighted by atomic mass is 10.2. The number of nitrogens with zero attached hydrogens (tertiary/aromatic N) is 2. The van der Waals surface area contributed by atoms with Gasteiger partial charge < -0.3 is 0 Å². The van der Waals surface area contributed by atoms with Gasteiger partial charge in [0.15, 0.2) is 0 Å². The number of sulfonamides is 1. The summed E-state index contributed by atoms with van der Waals surface area (Å²) in [6, 6.07) is 0.0347. The van der Waals surface area contributed by atoms with Crippen LogP contribution in [0.4, 0.5) is 0 Å². The Hall–Kier alpha value is -0.400. The maximum atomic E-state index is 12.4. The van der Waals surface area contributed by atoms with Crippen LogP contribution < -0.4 is 0 Å². The zero-order chi connectivity index (χ0) is 12.9. The molecule has 0 spiro atoms. The molecule has 5 nitrogen and oxygen atoms in total. The van der Waals surface area contributed by atoms with E-state index < -0.39 is 10.0 Å². The summed E-state index contributed by atoms with van der Waals surface area (Å²) in [7, 11) is -3.43. The Morgan fingerprint density at radius 3 is 2.53 bits per heavy atom. The maximum absolute atomic E-state index is 12.4. The molecule has 0 fully saturated rings. The first-order valence-electron chi connectivity index (χ1n) is 5.64. The SMILES string of the molecule is CCC(CC)N(CCBr)S(=O)(=O)c1cn[nH]c1. The van der Waals surface area contributed by atoms with Crippen molar-refractivity contribution < 1.29 is 8.42 Å². The van der Waals surface area contributed by atoms with Gasteiger partial charge in [0.2, 0.25) is 10.0 Å². The number of nitrogens with one attached hydrogen (secondary N) is 1. The third-order valence-corrected chi connectivity index (χ3v) is 5.01. The standard InChI is InChI=1S/C10H18BrN3O2S/c1-3-9(4-2)14(6-5-11)17(15,16)10-7-12-13-8-10/h7-9H,3-6H2,1-2H3,(H,12,13). The lowest BCUT2D eigenvalue weighted by molar-refractivity contribution is 0.317. The van der Waals surface area contributed by atoms with E-state index in [9.17, 15) is 8.42 Å². The molecule has 0 unspecified atom stereocenters. The summed E-state index contributed by atoms with van der Waals surface area (Å²) in [5.74, 6) is 0. The van der Waals surface area contributed by atoms with Crippen LogP contribution in [0.3, 0.4) is 0 Å². The number of halogens is 1. The Labute approximate surface area is 111 Å². The second-order valence-corrected chi connectivity index (χ2v) is 6.39. The second kappa shape index (κ2) is 6.51. The zero-order valence-electron chi connectivity index (χ0n) is 10.1. The number of aromatic amines is 1. The molecule has 17 heavy (non-hydrogen) atoms. The van der Waals surface area contributed by atoms with Crippen molar-refractivity contribution in [3.05, 3.63) is 12.4 Å². The topological polar surface area (TPSA) is 66.1 Å². The number of rotatable bonds is 7. The van der Waals surface area contributed by atoms with Gasteiger partial charge in [0.1, 0.15) is 4.90 Å². The molecule has 0 atom stereocenters. The Kier molecular flexibility index (Phi) is 5.61. The number of hydrogen-bond donors (Lipinski definition) is 1. The molecule has 1 aromatic rings. The van der Waals surface area contributed by atoms with Crippen LogP contribution in [0.5, 0.6) is 0 Å². The van der Waals surface area contributed by atoms with Crippen LogP contribution in [0.2, 0.25) is 0 Å². The van der Waals surface area contributed by atoms with Gasteiger partial charge in [-0.2, -0.15) is 9.40 Å². The monoisotopic (exact) mass is 323 g/mol. The zero-order valence-corrected chi connectivity index (χ0v) is 12.5. The fraction of sp³-hybridized carbons (Fsp3) is 0.700. The van der Waals surface area contributed by atoms with Crippen molar-refractivity contribution in [3.8, 4) is 0 Å². The van der Waals surface area contributed by atoms with Gasteiger partial charge >= 0.3 is 0 Å². The molecule has 1 rings (SSSR count). The predicted octanol–water partition coefficient (Wildman–Crippen LogP) is 1.98. The molecule has 0 aliphatic carbocycles. The van der Waals surface area contributed by atoms with Crippen molar-refractivity contribution in [3.63, 3.8) is 0 Å². The Morgan fingerprint density at radius 1 is 1.47 bits per heavy atom. The number of aromatic nitrogens is 2. The quantitative estimate of drug-likeness (QED) is 0.780. The van der Waals surface area contributed by atoms with Gasteiger partial charge in [-0.1, -0.05) is 29.8 Å².